The fourth-order valence-corrected chi connectivity index (χ4v) is 7.39. The zero-order valence-electron chi connectivity index (χ0n) is 29.7. The van der Waals surface area contributed by atoms with Crippen molar-refractivity contribution in [1.29, 1.82) is 0 Å². The Labute approximate surface area is 294 Å². The van der Waals surface area contributed by atoms with Crippen molar-refractivity contribution in [2.45, 2.75) is 40.0 Å². The molecule has 5 nitrogen and oxygen atoms in total. The van der Waals surface area contributed by atoms with Gasteiger partial charge in [0.25, 0.3) is 0 Å². The number of hydrogen-bond donors (Lipinski definition) is 0. The number of benzene rings is 5. The molecular weight excluding hydrogens is 613 g/mol. The molecule has 0 amide bonds. The largest absolute Gasteiger partial charge is 0.457 e. The first kappa shape index (κ1) is 31.3. The molecule has 3 heterocycles. The fraction of sp³-hybridized carbons (Fsp3) is 0.156. The summed E-state index contributed by atoms with van der Waals surface area (Å²) in [4.78, 5) is 4.29. The normalized spacial score (nSPS) is 13.0. The van der Waals surface area contributed by atoms with Crippen molar-refractivity contribution >= 4 is 38.9 Å². The number of aromatic nitrogens is 2. The highest BCUT2D eigenvalue weighted by atomic mass is 16.5. The standard InChI is InChI=1S/C45H42N4O/c1-29-13-11-14-30(2)44(29)32-19-22-39-38(25-32)37-21-20-36(28-42(37)49(39)43-26-33(45(4,5)6)23-24-46(43)7)50-35-16-12-15-34(27-35)48-31(3)47(8)40-17-9-10-18-41(40)48/h9-28H,3,7H2,1-2,4-6,8H3. The monoisotopic (exact) mass is 654 g/mol. The van der Waals surface area contributed by atoms with Gasteiger partial charge in [-0.2, -0.15) is 0 Å². The number of anilines is 3. The van der Waals surface area contributed by atoms with Gasteiger partial charge in [0.2, 0.25) is 0 Å². The van der Waals surface area contributed by atoms with Crippen molar-refractivity contribution in [3.8, 4) is 28.4 Å². The van der Waals surface area contributed by atoms with Crippen LogP contribution < -0.4 is 19.1 Å². The van der Waals surface area contributed by atoms with E-state index in [-0.39, 0.29) is 5.41 Å². The fourth-order valence-electron chi connectivity index (χ4n) is 7.39. The highest BCUT2D eigenvalue weighted by molar-refractivity contribution is 6.10. The molecule has 50 heavy (non-hydrogen) atoms. The second-order valence-electron chi connectivity index (χ2n) is 14.4. The van der Waals surface area contributed by atoms with Gasteiger partial charge in [0.05, 0.1) is 17.1 Å². The lowest BCUT2D eigenvalue weighted by Crippen LogP contribution is -2.32. The molecule has 0 saturated heterocycles. The van der Waals surface area contributed by atoms with Crippen molar-refractivity contribution in [1.82, 2.24) is 4.57 Å². The van der Waals surface area contributed by atoms with E-state index < -0.39 is 0 Å². The summed E-state index contributed by atoms with van der Waals surface area (Å²) in [5, 5.41) is 2.34. The van der Waals surface area contributed by atoms with Crippen LogP contribution in [-0.4, -0.2) is 11.6 Å². The van der Waals surface area contributed by atoms with Crippen LogP contribution in [0.15, 0.2) is 134 Å². The third kappa shape index (κ3) is 5.09. The first-order valence-electron chi connectivity index (χ1n) is 17.1. The number of para-hydroxylation sites is 2. The van der Waals surface area contributed by atoms with Gasteiger partial charge < -0.3 is 14.2 Å². The number of hydrogen-bond acceptors (Lipinski definition) is 3. The second kappa shape index (κ2) is 11.6. The predicted octanol–water partition coefficient (Wildman–Crippen LogP) is 11.1. The number of nitrogens with zero attached hydrogens (tertiary/aromatic N) is 4. The summed E-state index contributed by atoms with van der Waals surface area (Å²) in [6.45, 7) is 15.5. The minimum atomic E-state index is -0.0213. The quantitative estimate of drug-likeness (QED) is 0.136. The molecular formula is C45H42N4O. The molecule has 7 aromatic rings. The van der Waals surface area contributed by atoms with E-state index in [1.54, 1.807) is 0 Å². The molecule has 0 spiro atoms. The summed E-state index contributed by atoms with van der Waals surface area (Å²) < 4.78 is 10.9. The van der Waals surface area contributed by atoms with Crippen molar-refractivity contribution in [2.75, 3.05) is 16.8 Å². The number of aryl methyl sites for hydroxylation is 2. The van der Waals surface area contributed by atoms with Crippen LogP contribution >= 0.6 is 0 Å². The molecule has 248 valence electrons. The molecule has 0 atom stereocenters. The Kier molecular flexibility index (Phi) is 7.27. The molecule has 0 radical (unpaired) electrons. The summed E-state index contributed by atoms with van der Waals surface area (Å²) in [6, 6.07) is 40.8. The van der Waals surface area contributed by atoms with Gasteiger partial charge >= 0.3 is 0 Å². The van der Waals surface area contributed by atoms with E-state index in [4.69, 9.17) is 4.74 Å². The molecule has 0 unspecified atom stereocenters. The second-order valence-corrected chi connectivity index (χ2v) is 14.4. The number of pyridine rings is 1. The SMILES string of the molecule is C=C1N(C)c2ccccc2N1c1cccc(Oc2ccc3c4cc(-c5c(C)cccc5C)ccc4n(-c4cc(C(C)(C)C)cc[n+]4[CH2-])c3c2)c1. The first-order chi connectivity index (χ1) is 24.0. The smallest absolute Gasteiger partial charge is 0.184 e. The summed E-state index contributed by atoms with van der Waals surface area (Å²) in [5.74, 6) is 3.40. The van der Waals surface area contributed by atoms with Gasteiger partial charge in [-0.25, -0.2) is 4.57 Å². The van der Waals surface area contributed by atoms with Crippen molar-refractivity contribution in [3.63, 3.8) is 0 Å². The lowest BCUT2D eigenvalue weighted by molar-refractivity contribution is -0.606. The van der Waals surface area contributed by atoms with Crippen molar-refractivity contribution in [2.24, 2.45) is 0 Å². The van der Waals surface area contributed by atoms with Crippen LogP contribution in [0.1, 0.15) is 37.5 Å². The van der Waals surface area contributed by atoms with E-state index in [2.05, 4.69) is 172 Å². The van der Waals surface area contributed by atoms with Gasteiger partial charge in [-0.1, -0.05) is 81.4 Å². The Morgan fingerprint density at radius 3 is 2.18 bits per heavy atom. The van der Waals surface area contributed by atoms with Crippen LogP contribution in [0.5, 0.6) is 11.5 Å². The third-order valence-corrected chi connectivity index (χ3v) is 10.1. The molecule has 5 heteroatoms. The van der Waals surface area contributed by atoms with Crippen LogP contribution in [0.25, 0.3) is 38.8 Å². The summed E-state index contributed by atoms with van der Waals surface area (Å²) in [6.07, 6.45) is 2.06. The van der Waals surface area contributed by atoms with Crippen molar-refractivity contribution < 1.29 is 9.30 Å². The Morgan fingerprint density at radius 1 is 0.700 bits per heavy atom. The van der Waals surface area contributed by atoms with E-state index in [1.165, 1.54) is 33.2 Å². The highest BCUT2D eigenvalue weighted by Gasteiger charge is 2.28. The molecule has 2 aromatic heterocycles. The maximum atomic E-state index is 6.65. The number of fused-ring (bicyclic) bond motifs is 4. The van der Waals surface area contributed by atoms with Crippen LogP contribution in [0.2, 0.25) is 0 Å². The maximum absolute atomic E-state index is 6.65. The van der Waals surface area contributed by atoms with Gasteiger partial charge in [0.1, 0.15) is 28.4 Å². The van der Waals surface area contributed by atoms with E-state index in [0.29, 0.717) is 0 Å². The van der Waals surface area contributed by atoms with Gasteiger partial charge in [-0.05, 0) is 109 Å². The Bertz CT molecular complexity index is 2460. The molecule has 1 aliphatic heterocycles. The molecule has 1 aliphatic rings. The lowest BCUT2D eigenvalue weighted by Gasteiger charge is -2.22. The topological polar surface area (TPSA) is 24.5 Å². The highest BCUT2D eigenvalue weighted by Crippen LogP contribution is 2.45. The van der Waals surface area contributed by atoms with Crippen molar-refractivity contribution in [3.05, 3.63) is 158 Å². The van der Waals surface area contributed by atoms with Gasteiger partial charge in [-0.3, -0.25) is 4.90 Å². The molecule has 0 N–H and O–H groups in total. The minimum Gasteiger partial charge on any atom is -0.457 e. The molecule has 0 saturated carbocycles. The van der Waals surface area contributed by atoms with Gasteiger partial charge in [-0.15, -0.1) is 0 Å². The zero-order chi connectivity index (χ0) is 34.9. The number of ether oxygens (including phenoxy) is 1. The molecule has 8 rings (SSSR count). The average molecular weight is 655 g/mol. The predicted molar refractivity (Wildman–Crippen MR) is 208 cm³/mol. The zero-order valence-corrected chi connectivity index (χ0v) is 29.7. The molecule has 0 fully saturated rings. The van der Waals surface area contributed by atoms with Crippen LogP contribution in [0.4, 0.5) is 17.1 Å². The first-order valence-corrected chi connectivity index (χ1v) is 17.1. The average Bonchev–Trinajstić information content (AvgIpc) is 3.54. The molecule has 0 aliphatic carbocycles. The molecule has 5 aromatic carbocycles. The van der Waals surface area contributed by atoms with E-state index >= 15 is 0 Å². The maximum Gasteiger partial charge on any atom is 0.184 e. The lowest BCUT2D eigenvalue weighted by atomic mass is 9.88. The van der Waals surface area contributed by atoms with Gasteiger partial charge in [0.15, 0.2) is 5.82 Å². The van der Waals surface area contributed by atoms with Crippen LogP contribution in [-0.2, 0) is 5.41 Å². The van der Waals surface area contributed by atoms with Crippen LogP contribution in [0, 0.1) is 20.9 Å². The summed E-state index contributed by atoms with van der Waals surface area (Å²) >= 11 is 0. The Balaban J connectivity index is 1.28. The summed E-state index contributed by atoms with van der Waals surface area (Å²) in [5.41, 5.74) is 11.7. The van der Waals surface area contributed by atoms with Gasteiger partial charge in [0, 0.05) is 30.0 Å². The third-order valence-electron chi connectivity index (χ3n) is 10.1. The number of rotatable bonds is 5. The van der Waals surface area contributed by atoms with E-state index in [1.807, 2.05) is 23.7 Å². The Hall–Kier alpha value is -5.94. The van der Waals surface area contributed by atoms with E-state index in [0.717, 1.165) is 56.6 Å². The van der Waals surface area contributed by atoms with E-state index in [9.17, 15) is 0 Å². The Morgan fingerprint density at radius 2 is 1.42 bits per heavy atom. The van der Waals surface area contributed by atoms with Crippen LogP contribution in [0.3, 0.4) is 0 Å². The summed E-state index contributed by atoms with van der Waals surface area (Å²) in [7, 11) is 6.47. The minimum absolute atomic E-state index is 0.0213. The molecule has 0 bridgehead atoms.